The van der Waals surface area contributed by atoms with Crippen LogP contribution in [-0.2, 0) is 14.3 Å². The molecule has 264 valence electrons. The van der Waals surface area contributed by atoms with Crippen molar-refractivity contribution in [1.29, 1.82) is 0 Å². The van der Waals surface area contributed by atoms with E-state index in [2.05, 4.69) is 10.3 Å². The second-order valence-corrected chi connectivity index (χ2v) is 14.2. The zero-order valence-corrected chi connectivity index (χ0v) is 30.4. The van der Waals surface area contributed by atoms with Gasteiger partial charge in [-0.05, 0) is 51.5 Å². The number of carboxylic acid groups (broad SMARTS) is 1. The molecule has 1 unspecified atom stereocenters. The van der Waals surface area contributed by atoms with Gasteiger partial charge in [-0.3, -0.25) is 9.79 Å². The van der Waals surface area contributed by atoms with Crippen molar-refractivity contribution in [3.05, 3.63) is 54.6 Å². The Morgan fingerprint density at radius 3 is 2.43 bits per heavy atom. The fraction of sp³-hybridized carbons (Fsp3) is 0.486. The standard InChI is InChI=1S/C37H48N4O7S/c1-9-13-27(35(43)44)39-33(49-8)30-19-25(21-41(30)34(42)32(22(2)3)40-36(45)48-37(4,5)6)47-31-20-28(23-14-11-10-12-15-23)38-29-18-24(46-7)16-17-26(29)31/h10-12,14-18,20,22,25,27,30,32H,9,13,19,21H2,1-8H3,(H,40,45)(H,43,44)/t25?,27-,30-,32-/m0/s1. The smallest absolute Gasteiger partial charge is 0.408 e. The van der Waals surface area contributed by atoms with Crippen LogP contribution in [0.4, 0.5) is 4.79 Å². The molecule has 1 fully saturated rings. The second kappa shape index (κ2) is 16.4. The molecule has 3 aromatic rings. The number of thioether (sulfide) groups is 1. The Balaban J connectivity index is 1.75. The van der Waals surface area contributed by atoms with Gasteiger partial charge >= 0.3 is 12.1 Å². The van der Waals surface area contributed by atoms with E-state index in [0.29, 0.717) is 41.3 Å². The number of hydrogen-bond acceptors (Lipinski definition) is 9. The van der Waals surface area contributed by atoms with Gasteiger partial charge in [0, 0.05) is 29.5 Å². The van der Waals surface area contributed by atoms with Crippen LogP contribution < -0.4 is 14.8 Å². The number of likely N-dealkylation sites (tertiary alicyclic amines) is 1. The molecule has 0 radical (unpaired) electrons. The molecule has 0 bridgehead atoms. The van der Waals surface area contributed by atoms with Gasteiger partial charge in [-0.1, -0.05) is 57.5 Å². The van der Waals surface area contributed by atoms with Gasteiger partial charge in [-0.15, -0.1) is 11.8 Å². The summed E-state index contributed by atoms with van der Waals surface area (Å²) in [5, 5.41) is 14.0. The van der Waals surface area contributed by atoms with Gasteiger partial charge in [0.25, 0.3) is 0 Å². The summed E-state index contributed by atoms with van der Waals surface area (Å²) in [6.45, 7) is 11.1. The third-order valence-corrected chi connectivity index (χ3v) is 8.91. The molecule has 1 saturated heterocycles. The van der Waals surface area contributed by atoms with E-state index < -0.39 is 41.9 Å². The average Bonchev–Trinajstić information content (AvgIpc) is 3.47. The van der Waals surface area contributed by atoms with Crippen LogP contribution >= 0.6 is 11.8 Å². The van der Waals surface area contributed by atoms with Crippen LogP contribution in [0.2, 0.25) is 0 Å². The lowest BCUT2D eigenvalue weighted by Crippen LogP contribution is -2.54. The molecule has 1 aliphatic rings. The summed E-state index contributed by atoms with van der Waals surface area (Å²) >= 11 is 1.32. The van der Waals surface area contributed by atoms with Gasteiger partial charge in [0.1, 0.15) is 35.3 Å². The molecule has 1 aromatic heterocycles. The highest BCUT2D eigenvalue weighted by Crippen LogP contribution is 2.35. The Morgan fingerprint density at radius 2 is 1.84 bits per heavy atom. The van der Waals surface area contributed by atoms with Crippen molar-refractivity contribution in [2.45, 2.75) is 90.6 Å². The maximum atomic E-state index is 14.4. The minimum atomic E-state index is -1.02. The quantitative estimate of drug-likeness (QED) is 0.155. The Hall–Kier alpha value is -4.32. The molecule has 4 rings (SSSR count). The number of alkyl carbamates (subject to hydrolysis) is 1. The summed E-state index contributed by atoms with van der Waals surface area (Å²) in [5.41, 5.74) is 1.58. The number of fused-ring (bicyclic) bond motifs is 1. The van der Waals surface area contributed by atoms with E-state index >= 15 is 0 Å². The number of benzene rings is 2. The number of carbonyl (C=O) groups is 3. The molecule has 2 amide bonds. The van der Waals surface area contributed by atoms with Crippen LogP contribution in [-0.4, -0.2) is 87.7 Å². The summed E-state index contributed by atoms with van der Waals surface area (Å²) in [7, 11) is 1.60. The number of pyridine rings is 1. The van der Waals surface area contributed by atoms with Crippen molar-refractivity contribution in [2.24, 2.45) is 10.9 Å². The van der Waals surface area contributed by atoms with Crippen LogP contribution in [0, 0.1) is 5.92 Å². The van der Waals surface area contributed by atoms with Crippen LogP contribution in [0.15, 0.2) is 59.6 Å². The average molecular weight is 693 g/mol. The zero-order chi connectivity index (χ0) is 35.9. The number of hydrogen-bond donors (Lipinski definition) is 2. The van der Waals surface area contributed by atoms with Crippen molar-refractivity contribution in [3.8, 4) is 22.8 Å². The molecule has 2 aromatic carbocycles. The maximum Gasteiger partial charge on any atom is 0.408 e. The first-order valence-electron chi connectivity index (χ1n) is 16.6. The van der Waals surface area contributed by atoms with E-state index in [0.717, 1.165) is 16.6 Å². The topological polar surface area (TPSA) is 140 Å². The summed E-state index contributed by atoms with van der Waals surface area (Å²) in [6, 6.07) is 14.9. The van der Waals surface area contributed by atoms with Crippen LogP contribution in [0.3, 0.4) is 0 Å². The number of aliphatic imine (C=N–C) groups is 1. The summed E-state index contributed by atoms with van der Waals surface area (Å²) < 4.78 is 17.7. The van der Waals surface area contributed by atoms with Gasteiger partial charge in [0.2, 0.25) is 5.91 Å². The van der Waals surface area contributed by atoms with Gasteiger partial charge in [-0.25, -0.2) is 14.6 Å². The largest absolute Gasteiger partial charge is 0.497 e. The molecule has 0 spiro atoms. The Bertz CT molecular complexity index is 1660. The van der Waals surface area contributed by atoms with Gasteiger partial charge in [0.15, 0.2) is 0 Å². The first-order valence-corrected chi connectivity index (χ1v) is 17.8. The lowest BCUT2D eigenvalue weighted by molar-refractivity contribution is -0.138. The van der Waals surface area contributed by atoms with E-state index in [1.807, 2.05) is 81.6 Å². The number of methoxy groups -OCH3 is 1. The van der Waals surface area contributed by atoms with Crippen molar-refractivity contribution in [1.82, 2.24) is 15.2 Å². The lowest BCUT2D eigenvalue weighted by Gasteiger charge is -2.32. The number of aromatic nitrogens is 1. The molecule has 49 heavy (non-hydrogen) atoms. The number of rotatable bonds is 12. The molecule has 2 heterocycles. The van der Waals surface area contributed by atoms with Crippen molar-refractivity contribution in [2.75, 3.05) is 19.9 Å². The molecule has 2 N–H and O–H groups in total. The molecular weight excluding hydrogens is 644 g/mol. The minimum absolute atomic E-state index is 0.189. The summed E-state index contributed by atoms with van der Waals surface area (Å²) in [6.07, 6.45) is 2.02. The molecule has 11 nitrogen and oxygen atoms in total. The first kappa shape index (κ1) is 37.5. The fourth-order valence-electron chi connectivity index (χ4n) is 5.77. The normalized spacial score (nSPS) is 17.9. The molecule has 12 heteroatoms. The Kier molecular flexibility index (Phi) is 12.5. The number of carbonyl (C=O) groups excluding carboxylic acids is 2. The Labute approximate surface area is 292 Å². The maximum absolute atomic E-state index is 14.4. The van der Waals surface area contributed by atoms with Crippen molar-refractivity contribution in [3.63, 3.8) is 0 Å². The van der Waals surface area contributed by atoms with Crippen LogP contribution in [0.25, 0.3) is 22.2 Å². The van der Waals surface area contributed by atoms with E-state index in [1.54, 1.807) is 32.8 Å². The predicted molar refractivity (Wildman–Crippen MR) is 194 cm³/mol. The summed E-state index contributed by atoms with van der Waals surface area (Å²) in [5.74, 6) is -0.359. The van der Waals surface area contributed by atoms with Gasteiger partial charge in [0.05, 0.1) is 36.0 Å². The number of amides is 2. The zero-order valence-electron chi connectivity index (χ0n) is 29.6. The minimum Gasteiger partial charge on any atom is -0.497 e. The summed E-state index contributed by atoms with van der Waals surface area (Å²) in [4.78, 5) is 50.6. The number of nitrogens with zero attached hydrogens (tertiary/aromatic N) is 3. The monoisotopic (exact) mass is 692 g/mol. The third-order valence-electron chi connectivity index (χ3n) is 8.12. The van der Waals surface area contributed by atoms with E-state index in [4.69, 9.17) is 19.2 Å². The molecular formula is C37H48N4O7S. The van der Waals surface area contributed by atoms with Crippen LogP contribution in [0.5, 0.6) is 11.5 Å². The number of nitrogens with one attached hydrogen (secondary N) is 1. The number of carboxylic acids is 1. The number of ether oxygens (including phenoxy) is 3. The highest BCUT2D eigenvalue weighted by molar-refractivity contribution is 8.13. The number of aliphatic carboxylic acids is 1. The van der Waals surface area contributed by atoms with E-state index in [1.165, 1.54) is 11.8 Å². The molecule has 0 aliphatic carbocycles. The highest BCUT2D eigenvalue weighted by atomic mass is 32.2. The van der Waals surface area contributed by atoms with E-state index in [9.17, 15) is 19.5 Å². The van der Waals surface area contributed by atoms with Crippen LogP contribution in [0.1, 0.15) is 60.8 Å². The lowest BCUT2D eigenvalue weighted by atomic mass is 10.0. The van der Waals surface area contributed by atoms with Crippen molar-refractivity contribution < 1.29 is 33.7 Å². The van der Waals surface area contributed by atoms with Gasteiger partial charge in [-0.2, -0.15) is 0 Å². The third kappa shape index (κ3) is 9.65. The van der Waals surface area contributed by atoms with Crippen molar-refractivity contribution >= 4 is 45.7 Å². The Morgan fingerprint density at radius 1 is 1.12 bits per heavy atom. The van der Waals surface area contributed by atoms with E-state index in [-0.39, 0.29) is 18.4 Å². The fourth-order valence-corrected chi connectivity index (χ4v) is 6.50. The predicted octanol–water partition coefficient (Wildman–Crippen LogP) is 6.82. The molecule has 4 atom stereocenters. The van der Waals surface area contributed by atoms with Gasteiger partial charge < -0.3 is 29.5 Å². The molecule has 0 saturated carbocycles. The SMILES string of the molecule is CCC[C@H](N=C(SC)[C@@H]1CC(Oc2cc(-c3ccccc3)nc3cc(OC)ccc23)CN1C(=O)[C@@H](NC(=O)OC(C)(C)C)C(C)C)C(=O)O. The molecule has 1 aliphatic heterocycles. The highest BCUT2D eigenvalue weighted by Gasteiger charge is 2.43. The first-order chi connectivity index (χ1) is 23.2. The second-order valence-electron chi connectivity index (χ2n) is 13.4.